The maximum atomic E-state index is 12.2. The van der Waals surface area contributed by atoms with Gasteiger partial charge in [0.1, 0.15) is 6.54 Å². The van der Waals surface area contributed by atoms with Crippen molar-refractivity contribution in [1.82, 2.24) is 4.31 Å². The van der Waals surface area contributed by atoms with Crippen LogP contribution in [0.5, 0.6) is 0 Å². The lowest BCUT2D eigenvalue weighted by molar-refractivity contribution is -0.134. The minimum Gasteiger partial charge on any atom is -0.207 e. The molecule has 0 saturated heterocycles. The Morgan fingerprint density at radius 1 is 1.15 bits per heavy atom. The largest absolute Gasteiger partial charge is 0.402 e. The summed E-state index contributed by atoms with van der Waals surface area (Å²) in [4.78, 5) is -1.10. The van der Waals surface area contributed by atoms with Crippen molar-refractivity contribution >= 4 is 29.8 Å². The Hall–Kier alpha value is -0.840. The molecule has 0 aromatic heterocycles. The molecule has 1 rings (SSSR count). The molecule has 0 atom stereocenters. The summed E-state index contributed by atoms with van der Waals surface area (Å²) in [6.45, 7) is -1.69. The predicted molar refractivity (Wildman–Crippen MR) is 65.4 cm³/mol. The number of alkyl halides is 3. The number of sulfonamides is 1. The van der Waals surface area contributed by atoms with Gasteiger partial charge in [-0.2, -0.15) is 17.5 Å². The summed E-state index contributed by atoms with van der Waals surface area (Å²) in [7, 11) is -2.85. The van der Waals surface area contributed by atoms with Crippen molar-refractivity contribution in [3.05, 3.63) is 24.3 Å². The smallest absolute Gasteiger partial charge is 0.207 e. The molecule has 114 valence electrons. The molecule has 0 aliphatic carbocycles. The maximum absolute atomic E-state index is 12.2. The maximum Gasteiger partial charge on any atom is 0.402 e. The second-order valence-electron chi connectivity index (χ2n) is 3.79. The number of hydrogen-bond donors (Lipinski definition) is 0. The number of nitrogens with zero attached hydrogens (tertiary/aromatic N) is 1. The van der Waals surface area contributed by atoms with E-state index in [0.717, 1.165) is 25.2 Å². The minimum atomic E-state index is -4.71. The van der Waals surface area contributed by atoms with Crippen LogP contribution in [0.2, 0.25) is 0 Å². The molecule has 0 aliphatic rings. The predicted octanol–water partition coefficient (Wildman–Crippen LogP) is 1.80. The highest BCUT2D eigenvalue weighted by atomic mass is 35.7. The Kier molecular flexibility index (Phi) is 4.74. The second-order valence-corrected chi connectivity index (χ2v) is 8.40. The van der Waals surface area contributed by atoms with Crippen LogP contribution >= 0.6 is 10.7 Å². The molecule has 5 nitrogen and oxygen atoms in total. The van der Waals surface area contributed by atoms with Crippen molar-refractivity contribution in [3.63, 3.8) is 0 Å². The molecule has 0 heterocycles. The van der Waals surface area contributed by atoms with Gasteiger partial charge in [0.25, 0.3) is 9.05 Å². The average molecular weight is 352 g/mol. The lowest BCUT2D eigenvalue weighted by Crippen LogP contribution is -2.35. The SMILES string of the molecule is CN(CC(F)(F)F)S(=O)(=O)c1cccc(S(=O)(=O)Cl)c1. The zero-order valence-electron chi connectivity index (χ0n) is 9.93. The monoisotopic (exact) mass is 351 g/mol. The second kappa shape index (κ2) is 5.51. The minimum absolute atomic E-state index is 0.0764. The Bertz CT molecular complexity index is 700. The summed E-state index contributed by atoms with van der Waals surface area (Å²) in [5.74, 6) is 0. The molecule has 0 spiro atoms. The first-order valence-corrected chi connectivity index (χ1v) is 8.67. The lowest BCUT2D eigenvalue weighted by atomic mass is 10.4. The van der Waals surface area contributed by atoms with Gasteiger partial charge < -0.3 is 0 Å². The third-order valence-electron chi connectivity index (χ3n) is 2.20. The first-order valence-electron chi connectivity index (χ1n) is 4.92. The van der Waals surface area contributed by atoms with Crippen molar-refractivity contribution in [3.8, 4) is 0 Å². The van der Waals surface area contributed by atoms with Gasteiger partial charge in [0.15, 0.2) is 0 Å². The third-order valence-corrected chi connectivity index (χ3v) is 5.35. The molecule has 20 heavy (non-hydrogen) atoms. The summed E-state index contributed by atoms with van der Waals surface area (Å²) < 4.78 is 82.6. The van der Waals surface area contributed by atoms with E-state index in [-0.39, 0.29) is 4.31 Å². The van der Waals surface area contributed by atoms with Gasteiger partial charge in [0, 0.05) is 17.7 Å². The third kappa shape index (κ3) is 4.33. The standard InChI is InChI=1S/C9H9ClF3NO4S2/c1-14(6-9(11,12)13)20(17,18)8-4-2-3-7(5-8)19(10,15)16/h2-5H,6H2,1H3. The summed E-state index contributed by atoms with van der Waals surface area (Å²) in [6, 6.07) is 3.78. The van der Waals surface area contributed by atoms with Crippen LogP contribution in [0.25, 0.3) is 0 Å². The van der Waals surface area contributed by atoms with Gasteiger partial charge in [-0.15, -0.1) is 0 Å². The molecule has 1 aromatic carbocycles. The fourth-order valence-corrected chi connectivity index (χ4v) is 3.38. The average Bonchev–Trinajstić information content (AvgIpc) is 2.25. The molecule has 1 aromatic rings. The number of halogens is 4. The molecule has 0 unspecified atom stereocenters. The normalized spacial score (nSPS) is 13.7. The van der Waals surface area contributed by atoms with E-state index in [2.05, 4.69) is 0 Å². The highest BCUT2D eigenvalue weighted by molar-refractivity contribution is 8.13. The van der Waals surface area contributed by atoms with Crippen molar-refractivity contribution < 1.29 is 30.0 Å². The Labute approximate surface area is 118 Å². The fraction of sp³-hybridized carbons (Fsp3) is 0.333. The van der Waals surface area contributed by atoms with Crippen LogP contribution in [0.15, 0.2) is 34.1 Å². The van der Waals surface area contributed by atoms with Gasteiger partial charge in [-0.1, -0.05) is 6.07 Å². The molecule has 0 radical (unpaired) electrons. The highest BCUT2D eigenvalue weighted by Crippen LogP contribution is 2.24. The van der Waals surface area contributed by atoms with Gasteiger partial charge in [-0.3, -0.25) is 0 Å². The van der Waals surface area contributed by atoms with Crippen molar-refractivity contribution in [2.75, 3.05) is 13.6 Å². The van der Waals surface area contributed by atoms with Crippen LogP contribution < -0.4 is 0 Å². The molecule has 0 bridgehead atoms. The first-order chi connectivity index (χ1) is 8.84. The summed E-state index contributed by atoms with van der Waals surface area (Å²) in [5.41, 5.74) is 0. The lowest BCUT2D eigenvalue weighted by Gasteiger charge is -2.18. The molecule has 0 N–H and O–H groups in total. The van der Waals surface area contributed by atoms with E-state index >= 15 is 0 Å². The summed E-state index contributed by atoms with van der Waals surface area (Å²) in [5, 5.41) is 0. The van der Waals surface area contributed by atoms with Crippen molar-refractivity contribution in [2.45, 2.75) is 16.0 Å². The Balaban J connectivity index is 3.24. The van der Waals surface area contributed by atoms with Gasteiger partial charge in [0.05, 0.1) is 9.79 Å². The molecule has 0 fully saturated rings. The van der Waals surface area contributed by atoms with Crippen molar-refractivity contribution in [2.24, 2.45) is 0 Å². The van der Waals surface area contributed by atoms with Crippen LogP contribution in [0.1, 0.15) is 0 Å². The van der Waals surface area contributed by atoms with Gasteiger partial charge >= 0.3 is 6.18 Å². The molecule has 11 heteroatoms. The topological polar surface area (TPSA) is 71.5 Å². The molecule has 0 saturated carbocycles. The number of hydrogen-bond acceptors (Lipinski definition) is 4. The fourth-order valence-electron chi connectivity index (χ4n) is 1.30. The summed E-state index contributed by atoms with van der Waals surface area (Å²) >= 11 is 0. The van der Waals surface area contributed by atoms with Crippen LogP contribution in [-0.4, -0.2) is 40.9 Å². The van der Waals surface area contributed by atoms with Crippen molar-refractivity contribution in [1.29, 1.82) is 0 Å². The van der Waals surface area contributed by atoms with Crippen LogP contribution in [0, 0.1) is 0 Å². The highest BCUT2D eigenvalue weighted by Gasteiger charge is 2.35. The molecular formula is C9H9ClF3NO4S2. The van der Waals surface area contributed by atoms with E-state index in [1.807, 2.05) is 0 Å². The van der Waals surface area contributed by atoms with Gasteiger partial charge in [-0.05, 0) is 18.2 Å². The Morgan fingerprint density at radius 2 is 1.65 bits per heavy atom. The van der Waals surface area contributed by atoms with E-state index in [0.29, 0.717) is 6.07 Å². The van der Waals surface area contributed by atoms with Gasteiger partial charge in [-0.25, -0.2) is 16.8 Å². The van der Waals surface area contributed by atoms with Crippen LogP contribution in [-0.2, 0) is 19.1 Å². The molecule has 0 aliphatic heterocycles. The van der Waals surface area contributed by atoms with Crippen LogP contribution in [0.3, 0.4) is 0 Å². The zero-order chi connectivity index (χ0) is 15.8. The van der Waals surface area contributed by atoms with E-state index < -0.39 is 41.6 Å². The molecule has 0 amide bonds. The zero-order valence-corrected chi connectivity index (χ0v) is 12.3. The number of benzene rings is 1. The van der Waals surface area contributed by atoms with E-state index in [1.165, 1.54) is 0 Å². The summed E-state index contributed by atoms with van der Waals surface area (Å²) in [6.07, 6.45) is -4.71. The first kappa shape index (κ1) is 17.2. The van der Waals surface area contributed by atoms with Crippen LogP contribution in [0.4, 0.5) is 13.2 Å². The number of rotatable bonds is 4. The van der Waals surface area contributed by atoms with E-state index in [1.54, 1.807) is 0 Å². The van der Waals surface area contributed by atoms with E-state index in [9.17, 15) is 30.0 Å². The quantitative estimate of drug-likeness (QED) is 0.775. The molecular weight excluding hydrogens is 343 g/mol. The van der Waals surface area contributed by atoms with E-state index in [4.69, 9.17) is 10.7 Å². The Morgan fingerprint density at radius 3 is 2.10 bits per heavy atom. The van der Waals surface area contributed by atoms with Gasteiger partial charge in [0.2, 0.25) is 10.0 Å².